The highest BCUT2D eigenvalue weighted by molar-refractivity contribution is 5.94. The number of hydrogen-bond acceptors (Lipinski definition) is 3. The van der Waals surface area contributed by atoms with Gasteiger partial charge in [-0.25, -0.2) is 0 Å². The number of nitrogens with one attached hydrogen (secondary N) is 1. The van der Waals surface area contributed by atoms with Gasteiger partial charge in [-0.2, -0.15) is 10.2 Å². The maximum Gasteiger partial charge on any atom is 0.227 e. The monoisotopic (exact) mass is 363 g/mol. The third-order valence-electron chi connectivity index (χ3n) is 5.11. The highest BCUT2D eigenvalue weighted by Crippen LogP contribution is 2.43. The number of carbonyl (C=O) groups is 1. The Morgan fingerprint density at radius 2 is 1.59 bits per heavy atom. The second-order valence-corrected chi connectivity index (χ2v) is 7.38. The van der Waals surface area contributed by atoms with Crippen LogP contribution in [0.5, 0.6) is 0 Å². The Kier molecular flexibility index (Phi) is 7.14. The average Bonchev–Trinajstić information content (AvgIpc) is 3.48. The molecule has 1 aliphatic rings. The molecule has 4 heteroatoms. The van der Waals surface area contributed by atoms with Crippen LogP contribution in [-0.4, -0.2) is 5.91 Å². The summed E-state index contributed by atoms with van der Waals surface area (Å²) in [6.07, 6.45) is 8.74. The fourth-order valence-electron chi connectivity index (χ4n) is 3.35. The van der Waals surface area contributed by atoms with E-state index >= 15 is 0 Å². The number of amides is 1. The summed E-state index contributed by atoms with van der Waals surface area (Å²) in [7, 11) is 0. The van der Waals surface area contributed by atoms with Crippen molar-refractivity contribution < 1.29 is 4.79 Å². The van der Waals surface area contributed by atoms with E-state index in [1.54, 1.807) is 0 Å². The first-order valence-corrected chi connectivity index (χ1v) is 10.1. The summed E-state index contributed by atoms with van der Waals surface area (Å²) >= 11 is 0. The minimum Gasteiger partial charge on any atom is -0.326 e. The van der Waals surface area contributed by atoms with Gasteiger partial charge in [0.05, 0.1) is 11.4 Å². The SMILES string of the molecule is CCCCCCC[C@H]1C[C@@H]1C(=O)Nc1ccc(N=Nc2ccccc2)cc1. The Bertz CT molecular complexity index is 740. The minimum atomic E-state index is 0.159. The topological polar surface area (TPSA) is 53.8 Å². The number of hydrogen-bond donors (Lipinski definition) is 1. The molecule has 0 radical (unpaired) electrons. The van der Waals surface area contributed by atoms with E-state index < -0.39 is 0 Å². The highest BCUT2D eigenvalue weighted by Gasteiger charge is 2.42. The third-order valence-corrected chi connectivity index (χ3v) is 5.11. The molecule has 0 spiro atoms. The van der Waals surface area contributed by atoms with Crippen molar-refractivity contribution in [2.45, 2.75) is 51.9 Å². The summed E-state index contributed by atoms with van der Waals surface area (Å²) in [6.45, 7) is 2.24. The number of carbonyl (C=O) groups excluding carboxylic acids is 1. The van der Waals surface area contributed by atoms with E-state index in [0.29, 0.717) is 5.92 Å². The molecule has 1 fully saturated rings. The van der Waals surface area contributed by atoms with Gasteiger partial charge >= 0.3 is 0 Å². The van der Waals surface area contributed by atoms with E-state index in [4.69, 9.17) is 0 Å². The molecule has 1 saturated carbocycles. The van der Waals surface area contributed by atoms with E-state index in [0.717, 1.165) is 23.5 Å². The van der Waals surface area contributed by atoms with Crippen molar-refractivity contribution in [2.75, 3.05) is 5.32 Å². The summed E-state index contributed by atoms with van der Waals surface area (Å²) in [5, 5.41) is 11.5. The normalized spacial score (nSPS) is 18.6. The van der Waals surface area contributed by atoms with Gasteiger partial charge in [0.2, 0.25) is 5.91 Å². The van der Waals surface area contributed by atoms with Gasteiger partial charge in [-0.15, -0.1) is 0 Å². The van der Waals surface area contributed by atoms with Crippen LogP contribution in [0, 0.1) is 11.8 Å². The molecule has 3 rings (SSSR count). The number of azo groups is 1. The highest BCUT2D eigenvalue weighted by atomic mass is 16.2. The fraction of sp³-hybridized carbons (Fsp3) is 0.435. The Morgan fingerprint density at radius 3 is 2.30 bits per heavy atom. The van der Waals surface area contributed by atoms with Crippen LogP contribution in [0.15, 0.2) is 64.8 Å². The second kappa shape index (κ2) is 10.0. The van der Waals surface area contributed by atoms with Crippen LogP contribution < -0.4 is 5.32 Å². The van der Waals surface area contributed by atoms with Gasteiger partial charge in [0.1, 0.15) is 0 Å². The zero-order valence-electron chi connectivity index (χ0n) is 16.1. The van der Waals surface area contributed by atoms with Crippen molar-refractivity contribution in [1.29, 1.82) is 0 Å². The summed E-state index contributed by atoms with van der Waals surface area (Å²) in [5.74, 6) is 0.950. The molecule has 4 nitrogen and oxygen atoms in total. The molecular formula is C23H29N3O. The summed E-state index contributed by atoms with van der Waals surface area (Å²) in [4.78, 5) is 12.4. The van der Waals surface area contributed by atoms with Crippen LogP contribution in [0.25, 0.3) is 0 Å². The summed E-state index contributed by atoms with van der Waals surface area (Å²) in [6, 6.07) is 17.2. The van der Waals surface area contributed by atoms with Crippen molar-refractivity contribution >= 4 is 23.0 Å². The van der Waals surface area contributed by atoms with Gasteiger partial charge < -0.3 is 5.32 Å². The van der Waals surface area contributed by atoms with Gasteiger partial charge in [-0.3, -0.25) is 4.79 Å². The Morgan fingerprint density at radius 1 is 0.926 bits per heavy atom. The maximum atomic E-state index is 12.4. The third kappa shape index (κ3) is 6.31. The van der Waals surface area contributed by atoms with Crippen LogP contribution >= 0.6 is 0 Å². The molecule has 27 heavy (non-hydrogen) atoms. The Labute approximate surface area is 162 Å². The fourth-order valence-corrected chi connectivity index (χ4v) is 3.35. The molecule has 0 aromatic heterocycles. The molecule has 1 amide bonds. The second-order valence-electron chi connectivity index (χ2n) is 7.38. The largest absolute Gasteiger partial charge is 0.326 e. The minimum absolute atomic E-state index is 0.159. The predicted octanol–water partition coefficient (Wildman–Crippen LogP) is 7.04. The molecule has 142 valence electrons. The van der Waals surface area contributed by atoms with E-state index in [9.17, 15) is 4.79 Å². The molecule has 0 saturated heterocycles. The first kappa shape index (κ1) is 19.3. The maximum absolute atomic E-state index is 12.4. The smallest absolute Gasteiger partial charge is 0.227 e. The molecule has 0 aliphatic heterocycles. The van der Waals surface area contributed by atoms with Crippen molar-refractivity contribution in [3.05, 3.63) is 54.6 Å². The van der Waals surface area contributed by atoms with Gasteiger partial charge in [-0.1, -0.05) is 57.2 Å². The molecule has 2 aromatic carbocycles. The van der Waals surface area contributed by atoms with E-state index in [2.05, 4.69) is 22.5 Å². The lowest BCUT2D eigenvalue weighted by atomic mass is 10.1. The van der Waals surface area contributed by atoms with Crippen LogP contribution in [0.2, 0.25) is 0 Å². The lowest BCUT2D eigenvalue weighted by molar-refractivity contribution is -0.117. The molecule has 0 unspecified atom stereocenters. The van der Waals surface area contributed by atoms with Crippen molar-refractivity contribution in [1.82, 2.24) is 0 Å². The van der Waals surface area contributed by atoms with Gasteiger partial charge in [0.25, 0.3) is 0 Å². The van der Waals surface area contributed by atoms with Crippen molar-refractivity contribution in [2.24, 2.45) is 22.1 Å². The number of anilines is 1. The first-order valence-electron chi connectivity index (χ1n) is 10.1. The van der Waals surface area contributed by atoms with Crippen LogP contribution in [-0.2, 0) is 4.79 Å². The molecule has 0 heterocycles. The van der Waals surface area contributed by atoms with Crippen molar-refractivity contribution in [3.8, 4) is 0 Å². The quantitative estimate of drug-likeness (QED) is 0.357. The number of unbranched alkanes of at least 4 members (excludes halogenated alkanes) is 4. The molecular weight excluding hydrogens is 334 g/mol. The summed E-state index contributed by atoms with van der Waals surface area (Å²) in [5.41, 5.74) is 2.42. The zero-order valence-corrected chi connectivity index (χ0v) is 16.1. The molecule has 0 bridgehead atoms. The molecule has 1 aliphatic carbocycles. The molecule has 2 aromatic rings. The standard InChI is InChI=1S/C23H29N3O/c1-2-3-4-5-7-10-18-17-22(18)23(27)24-19-13-15-21(16-14-19)26-25-20-11-8-6-9-12-20/h6,8-9,11-16,18,22H,2-5,7,10,17H2,1H3,(H,24,27)/t18-,22-/m0/s1. The molecule has 2 atom stereocenters. The number of nitrogens with zero attached hydrogens (tertiary/aromatic N) is 2. The molecule has 1 N–H and O–H groups in total. The zero-order chi connectivity index (χ0) is 18.9. The predicted molar refractivity (Wildman–Crippen MR) is 111 cm³/mol. The van der Waals surface area contributed by atoms with Gasteiger partial charge in [0, 0.05) is 11.6 Å². The van der Waals surface area contributed by atoms with E-state index in [-0.39, 0.29) is 11.8 Å². The van der Waals surface area contributed by atoms with Crippen LogP contribution in [0.1, 0.15) is 51.9 Å². The first-order chi connectivity index (χ1) is 13.3. The average molecular weight is 364 g/mol. The Balaban J connectivity index is 1.41. The van der Waals surface area contributed by atoms with E-state index in [1.165, 1.54) is 38.5 Å². The summed E-state index contributed by atoms with van der Waals surface area (Å²) < 4.78 is 0. The van der Waals surface area contributed by atoms with Gasteiger partial charge in [-0.05, 0) is 55.2 Å². The van der Waals surface area contributed by atoms with Crippen LogP contribution in [0.4, 0.5) is 17.1 Å². The van der Waals surface area contributed by atoms with Crippen molar-refractivity contribution in [3.63, 3.8) is 0 Å². The van der Waals surface area contributed by atoms with Gasteiger partial charge in [0.15, 0.2) is 0 Å². The Hall–Kier alpha value is -2.49. The van der Waals surface area contributed by atoms with E-state index in [1.807, 2.05) is 54.6 Å². The lowest BCUT2D eigenvalue weighted by Crippen LogP contribution is -2.14. The number of rotatable bonds is 10. The number of benzene rings is 2. The lowest BCUT2D eigenvalue weighted by Gasteiger charge is -2.05. The van der Waals surface area contributed by atoms with Crippen LogP contribution in [0.3, 0.4) is 0 Å².